The van der Waals surface area contributed by atoms with Gasteiger partial charge in [-0.25, -0.2) is 4.39 Å². The van der Waals surface area contributed by atoms with Crippen molar-refractivity contribution < 1.29 is 9.18 Å². The van der Waals surface area contributed by atoms with Crippen molar-refractivity contribution >= 4 is 5.78 Å². The van der Waals surface area contributed by atoms with Crippen LogP contribution in [0.15, 0.2) is 0 Å². The third kappa shape index (κ3) is 5.73. The van der Waals surface area contributed by atoms with Crippen molar-refractivity contribution in [3.05, 3.63) is 0 Å². The van der Waals surface area contributed by atoms with E-state index in [0.29, 0.717) is 13.0 Å². The van der Waals surface area contributed by atoms with Crippen LogP contribution in [-0.4, -0.2) is 36.7 Å². The van der Waals surface area contributed by atoms with E-state index < -0.39 is 6.17 Å². The zero-order valence-corrected chi connectivity index (χ0v) is 16.3. The van der Waals surface area contributed by atoms with E-state index in [1.165, 1.54) is 32.1 Å². The molecule has 0 aromatic carbocycles. The number of nitrogens with two attached hydrogens (primary N) is 1. The first-order chi connectivity index (χ1) is 11.8. The van der Waals surface area contributed by atoms with Gasteiger partial charge in [0, 0.05) is 18.6 Å². The van der Waals surface area contributed by atoms with Crippen LogP contribution in [0.2, 0.25) is 0 Å². The van der Waals surface area contributed by atoms with Crippen molar-refractivity contribution in [2.24, 2.45) is 17.1 Å². The number of hydrogen-bond acceptors (Lipinski definition) is 4. The molecule has 2 rings (SSSR count). The molecule has 0 aromatic heterocycles. The molecule has 25 heavy (non-hydrogen) atoms. The van der Waals surface area contributed by atoms with Gasteiger partial charge in [0.05, 0.1) is 12.1 Å². The summed E-state index contributed by atoms with van der Waals surface area (Å²) in [7, 11) is 0. The van der Waals surface area contributed by atoms with Crippen LogP contribution in [0.3, 0.4) is 0 Å². The van der Waals surface area contributed by atoms with E-state index in [4.69, 9.17) is 5.73 Å². The summed E-state index contributed by atoms with van der Waals surface area (Å²) < 4.78 is 14.3. The monoisotopic (exact) mass is 355 g/mol. The van der Waals surface area contributed by atoms with Crippen LogP contribution in [0.25, 0.3) is 0 Å². The number of carbonyl (C=O) groups excluding carboxylic acids is 1. The normalized spacial score (nSPS) is 38.4. The second-order valence-electron chi connectivity index (χ2n) is 8.67. The van der Waals surface area contributed by atoms with E-state index in [-0.39, 0.29) is 35.4 Å². The molecule has 0 aromatic rings. The highest BCUT2D eigenvalue weighted by Gasteiger charge is 2.38. The van der Waals surface area contributed by atoms with Gasteiger partial charge in [0.15, 0.2) is 0 Å². The lowest BCUT2D eigenvalue weighted by Gasteiger charge is -2.43. The topological polar surface area (TPSA) is 67.2 Å². The lowest BCUT2D eigenvalue weighted by Crippen LogP contribution is -2.60. The molecule has 1 saturated heterocycles. The predicted molar refractivity (Wildman–Crippen MR) is 101 cm³/mol. The first-order valence-corrected chi connectivity index (χ1v) is 10.2. The number of carbonyl (C=O) groups is 1. The van der Waals surface area contributed by atoms with E-state index >= 15 is 0 Å². The van der Waals surface area contributed by atoms with Crippen LogP contribution in [0, 0.1) is 11.3 Å². The van der Waals surface area contributed by atoms with Crippen LogP contribution < -0.4 is 16.4 Å². The maximum atomic E-state index is 14.3. The molecular weight excluding hydrogens is 317 g/mol. The van der Waals surface area contributed by atoms with Crippen LogP contribution >= 0.6 is 0 Å². The minimum atomic E-state index is -0.870. The molecule has 1 saturated carbocycles. The molecule has 1 heterocycles. The fourth-order valence-electron chi connectivity index (χ4n) is 4.84. The highest BCUT2D eigenvalue weighted by Crippen LogP contribution is 2.39. The van der Waals surface area contributed by atoms with Gasteiger partial charge in [-0.2, -0.15) is 0 Å². The second-order valence-corrected chi connectivity index (χ2v) is 8.67. The molecule has 5 atom stereocenters. The lowest BCUT2D eigenvalue weighted by atomic mass is 9.70. The Labute approximate surface area is 152 Å². The van der Waals surface area contributed by atoms with Gasteiger partial charge in [-0.3, -0.25) is 10.1 Å². The lowest BCUT2D eigenvalue weighted by molar-refractivity contribution is -0.122. The minimum absolute atomic E-state index is 0.0672. The second kappa shape index (κ2) is 9.43. The number of hydrogen-bond donors (Lipinski definition) is 3. The van der Waals surface area contributed by atoms with E-state index in [9.17, 15) is 9.18 Å². The number of halogens is 1. The van der Waals surface area contributed by atoms with Gasteiger partial charge in [-0.1, -0.05) is 39.0 Å². The first kappa shape index (κ1) is 20.8. The Hall–Kier alpha value is -0.520. The number of ketones is 1. The molecule has 5 unspecified atom stereocenters. The van der Waals surface area contributed by atoms with Crippen molar-refractivity contribution in [3.63, 3.8) is 0 Å². The Morgan fingerprint density at radius 3 is 2.32 bits per heavy atom. The zero-order chi connectivity index (χ0) is 18.4. The molecular formula is C20H38FN3O. The van der Waals surface area contributed by atoms with Crippen molar-refractivity contribution in [2.75, 3.05) is 6.54 Å². The molecule has 4 nitrogen and oxygen atoms in total. The summed E-state index contributed by atoms with van der Waals surface area (Å²) >= 11 is 0. The van der Waals surface area contributed by atoms with Crippen LogP contribution in [0.1, 0.15) is 78.6 Å². The molecule has 4 N–H and O–H groups in total. The molecule has 5 heteroatoms. The molecule has 0 bridgehead atoms. The Balaban J connectivity index is 2.20. The summed E-state index contributed by atoms with van der Waals surface area (Å²) in [6, 6.07) is 0.0492. The summed E-state index contributed by atoms with van der Waals surface area (Å²) in [5.41, 5.74) is 6.59. The molecule has 146 valence electrons. The third-order valence-electron chi connectivity index (χ3n) is 6.56. The van der Waals surface area contributed by atoms with Gasteiger partial charge < -0.3 is 11.1 Å². The number of rotatable bonds is 2. The van der Waals surface area contributed by atoms with Crippen molar-refractivity contribution in [3.8, 4) is 0 Å². The molecule has 2 aliphatic rings. The number of alkyl halides is 1. The van der Waals surface area contributed by atoms with Gasteiger partial charge in [0.25, 0.3) is 0 Å². The standard InChI is InChI=1S/C20H38FN3O/c1-14-18(15(2)25)19(22)24-17(10-9-16(21)13-23-14)20(3)11-7-5-4-6-8-12-20/h14,16-19,23-24H,4-13,22H2,1-3H3. The maximum Gasteiger partial charge on any atom is 0.137 e. The largest absolute Gasteiger partial charge is 0.315 e. The SMILES string of the molecule is CC(=O)C1C(C)NCC(F)CCC(C2(C)CCCCCCC2)NC1N. The van der Waals surface area contributed by atoms with Gasteiger partial charge in [0.2, 0.25) is 0 Å². The Morgan fingerprint density at radius 1 is 1.12 bits per heavy atom. The minimum Gasteiger partial charge on any atom is -0.315 e. The van der Waals surface area contributed by atoms with Crippen molar-refractivity contribution in [2.45, 2.75) is 103 Å². The molecule has 0 radical (unpaired) electrons. The number of nitrogens with one attached hydrogen (secondary N) is 2. The summed E-state index contributed by atoms with van der Waals surface area (Å²) in [4.78, 5) is 12.2. The van der Waals surface area contributed by atoms with Crippen LogP contribution in [-0.2, 0) is 4.79 Å². The van der Waals surface area contributed by atoms with E-state index in [0.717, 1.165) is 19.3 Å². The fourth-order valence-corrected chi connectivity index (χ4v) is 4.84. The van der Waals surface area contributed by atoms with Crippen molar-refractivity contribution in [1.29, 1.82) is 0 Å². The highest BCUT2D eigenvalue weighted by molar-refractivity contribution is 5.79. The summed E-state index contributed by atoms with van der Waals surface area (Å²) in [5.74, 6) is -0.262. The van der Waals surface area contributed by atoms with Gasteiger partial charge in [-0.05, 0) is 44.9 Å². The Bertz CT molecular complexity index is 423. The highest BCUT2D eigenvalue weighted by atomic mass is 19.1. The molecule has 0 amide bonds. The third-order valence-corrected chi connectivity index (χ3v) is 6.56. The van der Waals surface area contributed by atoms with Crippen molar-refractivity contribution in [1.82, 2.24) is 10.6 Å². The van der Waals surface area contributed by atoms with E-state index in [1.807, 2.05) is 6.92 Å². The average molecular weight is 356 g/mol. The number of Topliss-reactive ketones (excluding diaryl/α,β-unsaturated/α-hetero) is 1. The Morgan fingerprint density at radius 2 is 1.72 bits per heavy atom. The van der Waals surface area contributed by atoms with Gasteiger partial charge in [-0.15, -0.1) is 0 Å². The smallest absolute Gasteiger partial charge is 0.137 e. The zero-order valence-electron chi connectivity index (χ0n) is 16.3. The van der Waals surface area contributed by atoms with Crippen LogP contribution in [0.4, 0.5) is 4.39 Å². The maximum absolute atomic E-state index is 14.3. The van der Waals surface area contributed by atoms with E-state index in [1.54, 1.807) is 6.92 Å². The summed E-state index contributed by atoms with van der Waals surface area (Å²) in [6.45, 7) is 6.18. The Kier molecular flexibility index (Phi) is 7.84. The molecule has 1 aliphatic heterocycles. The predicted octanol–water partition coefficient (Wildman–Crippen LogP) is 3.30. The molecule has 0 spiro atoms. The first-order valence-electron chi connectivity index (χ1n) is 10.2. The quantitative estimate of drug-likeness (QED) is 0.711. The van der Waals surface area contributed by atoms with E-state index in [2.05, 4.69) is 17.6 Å². The molecule has 2 fully saturated rings. The average Bonchev–Trinajstić information content (AvgIpc) is 2.52. The fraction of sp³-hybridized carbons (Fsp3) is 0.950. The van der Waals surface area contributed by atoms with Gasteiger partial charge in [0.1, 0.15) is 12.0 Å². The molecule has 1 aliphatic carbocycles. The summed E-state index contributed by atoms with van der Waals surface area (Å²) in [5, 5.41) is 6.75. The van der Waals surface area contributed by atoms with Gasteiger partial charge >= 0.3 is 0 Å². The van der Waals surface area contributed by atoms with Crippen LogP contribution in [0.5, 0.6) is 0 Å². The summed E-state index contributed by atoms with van der Waals surface area (Å²) in [6.07, 6.45) is 8.77.